The van der Waals surface area contributed by atoms with Crippen LogP contribution in [-0.2, 0) is 11.4 Å². The van der Waals surface area contributed by atoms with Gasteiger partial charge in [-0.25, -0.2) is 0 Å². The molecule has 6 heteroatoms. The molecule has 0 bridgehead atoms. The molecule has 1 unspecified atom stereocenters. The summed E-state index contributed by atoms with van der Waals surface area (Å²) < 4.78 is 11.3. The molecular weight excluding hydrogens is 352 g/mol. The molecular formula is C20H25ClN2O3. The molecule has 0 saturated carbocycles. The third kappa shape index (κ3) is 6.58. The Kier molecular flexibility index (Phi) is 8.25. The Balaban J connectivity index is 0.00000243. The summed E-state index contributed by atoms with van der Waals surface area (Å²) in [5.74, 6) is 1.34. The number of benzene rings is 2. The Morgan fingerprint density at radius 2 is 1.73 bits per heavy atom. The van der Waals surface area contributed by atoms with Gasteiger partial charge in [-0.1, -0.05) is 30.3 Å². The quantitative estimate of drug-likeness (QED) is 0.780. The summed E-state index contributed by atoms with van der Waals surface area (Å²) in [6.07, 6.45) is 2.11. The molecule has 2 N–H and O–H groups in total. The van der Waals surface area contributed by atoms with E-state index >= 15 is 0 Å². The van der Waals surface area contributed by atoms with Crippen molar-refractivity contribution in [3.8, 4) is 11.5 Å². The summed E-state index contributed by atoms with van der Waals surface area (Å²) >= 11 is 0. The first kappa shape index (κ1) is 20.1. The fourth-order valence-electron chi connectivity index (χ4n) is 2.77. The minimum atomic E-state index is -0.0851. The number of rotatable bonds is 7. The molecule has 1 aliphatic rings. The van der Waals surface area contributed by atoms with Gasteiger partial charge in [-0.3, -0.25) is 4.79 Å². The Morgan fingerprint density at radius 3 is 2.38 bits per heavy atom. The summed E-state index contributed by atoms with van der Waals surface area (Å²) in [5.41, 5.74) is 1.12. The Bertz CT molecular complexity index is 659. The summed E-state index contributed by atoms with van der Waals surface area (Å²) in [7, 11) is 0. The van der Waals surface area contributed by atoms with E-state index < -0.39 is 0 Å². The lowest BCUT2D eigenvalue weighted by molar-refractivity contribution is -0.123. The maximum Gasteiger partial charge on any atom is 0.258 e. The van der Waals surface area contributed by atoms with Crippen LogP contribution in [0.25, 0.3) is 0 Å². The number of halogens is 1. The summed E-state index contributed by atoms with van der Waals surface area (Å²) in [6.45, 7) is 2.42. The fourth-order valence-corrected chi connectivity index (χ4v) is 2.77. The van der Waals surface area contributed by atoms with Crippen molar-refractivity contribution in [3.63, 3.8) is 0 Å². The molecule has 140 valence electrons. The highest BCUT2D eigenvalue weighted by molar-refractivity contribution is 5.85. The van der Waals surface area contributed by atoms with Gasteiger partial charge in [0.2, 0.25) is 0 Å². The second-order valence-corrected chi connectivity index (χ2v) is 6.15. The molecule has 0 aromatic heterocycles. The number of carbonyl (C=O) groups excluding carboxylic acids is 1. The minimum Gasteiger partial charge on any atom is -0.489 e. The fraction of sp³-hybridized carbons (Fsp3) is 0.350. The van der Waals surface area contributed by atoms with Gasteiger partial charge >= 0.3 is 0 Å². The van der Waals surface area contributed by atoms with Crippen LogP contribution < -0.4 is 20.1 Å². The zero-order chi connectivity index (χ0) is 17.3. The van der Waals surface area contributed by atoms with E-state index in [-0.39, 0.29) is 31.0 Å². The maximum atomic E-state index is 11.9. The van der Waals surface area contributed by atoms with Crippen molar-refractivity contribution in [2.45, 2.75) is 25.5 Å². The number of carbonyl (C=O) groups is 1. The highest BCUT2D eigenvalue weighted by Gasteiger charge is 2.15. The molecule has 0 spiro atoms. The van der Waals surface area contributed by atoms with Gasteiger partial charge in [0.25, 0.3) is 5.91 Å². The summed E-state index contributed by atoms with van der Waals surface area (Å²) in [5, 5.41) is 6.26. The SMILES string of the molecule is Cl.O=C(COc1ccc(OCc2ccccc2)cc1)NC1CCCNC1. The lowest BCUT2D eigenvalue weighted by Crippen LogP contribution is -2.46. The molecule has 2 aromatic rings. The minimum absolute atomic E-state index is 0. The number of ether oxygens (including phenoxy) is 2. The smallest absolute Gasteiger partial charge is 0.258 e. The monoisotopic (exact) mass is 376 g/mol. The molecule has 3 rings (SSSR count). The van der Waals surface area contributed by atoms with E-state index in [2.05, 4.69) is 10.6 Å². The molecule has 2 aromatic carbocycles. The zero-order valence-electron chi connectivity index (χ0n) is 14.6. The number of nitrogens with one attached hydrogen (secondary N) is 2. The highest BCUT2D eigenvalue weighted by atomic mass is 35.5. The van der Waals surface area contributed by atoms with E-state index in [1.165, 1.54) is 0 Å². The van der Waals surface area contributed by atoms with E-state index in [1.54, 1.807) is 0 Å². The lowest BCUT2D eigenvalue weighted by atomic mass is 10.1. The summed E-state index contributed by atoms with van der Waals surface area (Å²) in [4.78, 5) is 11.9. The van der Waals surface area contributed by atoms with Gasteiger partial charge in [0.1, 0.15) is 18.1 Å². The van der Waals surface area contributed by atoms with E-state index in [4.69, 9.17) is 9.47 Å². The van der Waals surface area contributed by atoms with Crippen molar-refractivity contribution >= 4 is 18.3 Å². The predicted molar refractivity (Wildman–Crippen MR) is 104 cm³/mol. The molecule has 1 aliphatic heterocycles. The van der Waals surface area contributed by atoms with Gasteiger partial charge in [0.15, 0.2) is 6.61 Å². The highest BCUT2D eigenvalue weighted by Crippen LogP contribution is 2.18. The molecule has 1 amide bonds. The number of piperidine rings is 1. The van der Waals surface area contributed by atoms with Gasteiger partial charge in [-0.2, -0.15) is 0 Å². The molecule has 1 atom stereocenters. The predicted octanol–water partition coefficient (Wildman–Crippen LogP) is 2.93. The van der Waals surface area contributed by atoms with Crippen LogP contribution in [0.3, 0.4) is 0 Å². The largest absolute Gasteiger partial charge is 0.489 e. The molecule has 1 saturated heterocycles. The van der Waals surface area contributed by atoms with Gasteiger partial charge < -0.3 is 20.1 Å². The topological polar surface area (TPSA) is 59.6 Å². The van der Waals surface area contributed by atoms with Gasteiger partial charge in [0, 0.05) is 12.6 Å². The van der Waals surface area contributed by atoms with Crippen LogP contribution in [0.2, 0.25) is 0 Å². The molecule has 1 fully saturated rings. The van der Waals surface area contributed by atoms with Gasteiger partial charge in [-0.05, 0) is 49.2 Å². The van der Waals surface area contributed by atoms with Crippen LogP contribution >= 0.6 is 12.4 Å². The standard InChI is InChI=1S/C20H24N2O3.ClH/c23-20(22-17-7-4-12-21-13-17)15-25-19-10-8-18(9-11-19)24-14-16-5-2-1-3-6-16;/h1-3,5-6,8-11,17,21H,4,7,12-15H2,(H,22,23);1H. The van der Waals surface area contributed by atoms with Crippen LogP contribution in [-0.4, -0.2) is 31.6 Å². The molecule has 0 aliphatic carbocycles. The van der Waals surface area contributed by atoms with Crippen LogP contribution in [0.5, 0.6) is 11.5 Å². The third-order valence-electron chi connectivity index (χ3n) is 4.10. The first-order valence-electron chi connectivity index (χ1n) is 8.69. The second kappa shape index (κ2) is 10.7. The van der Waals surface area contributed by atoms with E-state index in [0.29, 0.717) is 12.4 Å². The Hall–Kier alpha value is -2.24. The van der Waals surface area contributed by atoms with Crippen molar-refractivity contribution < 1.29 is 14.3 Å². The van der Waals surface area contributed by atoms with Crippen molar-refractivity contribution in [3.05, 3.63) is 60.2 Å². The van der Waals surface area contributed by atoms with Gasteiger partial charge in [-0.15, -0.1) is 12.4 Å². The molecule has 0 radical (unpaired) electrons. The first-order valence-corrected chi connectivity index (χ1v) is 8.69. The number of hydrogen-bond acceptors (Lipinski definition) is 4. The third-order valence-corrected chi connectivity index (χ3v) is 4.10. The van der Waals surface area contributed by atoms with E-state index in [9.17, 15) is 4.79 Å². The van der Waals surface area contributed by atoms with Crippen molar-refractivity contribution in [1.82, 2.24) is 10.6 Å². The van der Waals surface area contributed by atoms with Crippen molar-refractivity contribution in [2.24, 2.45) is 0 Å². The summed E-state index contributed by atoms with van der Waals surface area (Å²) in [6, 6.07) is 17.5. The maximum absolute atomic E-state index is 11.9. The van der Waals surface area contributed by atoms with Crippen LogP contribution in [0.4, 0.5) is 0 Å². The average molecular weight is 377 g/mol. The second-order valence-electron chi connectivity index (χ2n) is 6.15. The Labute approximate surface area is 160 Å². The van der Waals surface area contributed by atoms with Crippen molar-refractivity contribution in [1.29, 1.82) is 0 Å². The number of amides is 1. The molecule has 1 heterocycles. The van der Waals surface area contributed by atoms with E-state index in [1.807, 2.05) is 54.6 Å². The van der Waals surface area contributed by atoms with E-state index in [0.717, 1.165) is 37.2 Å². The average Bonchev–Trinajstić information content (AvgIpc) is 2.67. The van der Waals surface area contributed by atoms with Gasteiger partial charge in [0.05, 0.1) is 0 Å². The lowest BCUT2D eigenvalue weighted by Gasteiger charge is -2.23. The normalized spacial score (nSPS) is 16.2. The zero-order valence-corrected chi connectivity index (χ0v) is 15.5. The first-order chi connectivity index (χ1) is 12.3. The molecule has 5 nitrogen and oxygen atoms in total. The Morgan fingerprint density at radius 1 is 1.04 bits per heavy atom. The van der Waals surface area contributed by atoms with Crippen LogP contribution in [0.15, 0.2) is 54.6 Å². The van der Waals surface area contributed by atoms with Crippen LogP contribution in [0, 0.1) is 0 Å². The van der Waals surface area contributed by atoms with Crippen molar-refractivity contribution in [2.75, 3.05) is 19.7 Å². The number of hydrogen-bond donors (Lipinski definition) is 2. The van der Waals surface area contributed by atoms with Crippen LogP contribution in [0.1, 0.15) is 18.4 Å². The molecule has 26 heavy (non-hydrogen) atoms.